The van der Waals surface area contributed by atoms with E-state index in [-0.39, 0.29) is 0 Å². The first-order valence-corrected chi connectivity index (χ1v) is 3.18. The molecule has 0 heterocycles. The molecule has 0 saturated carbocycles. The quantitative estimate of drug-likeness (QED) is 0.417. The van der Waals surface area contributed by atoms with Gasteiger partial charge in [-0.3, -0.25) is 0 Å². The van der Waals surface area contributed by atoms with Gasteiger partial charge in [-0.2, -0.15) is 0 Å². The van der Waals surface area contributed by atoms with Gasteiger partial charge in [0.1, 0.15) is 6.61 Å². The van der Waals surface area contributed by atoms with Crippen molar-refractivity contribution in [2.75, 3.05) is 6.61 Å². The highest BCUT2D eigenvalue weighted by atomic mass is 16.5. The summed E-state index contributed by atoms with van der Waals surface area (Å²) in [6.45, 7) is 6.58. The number of hydrogen-bond donors (Lipinski definition) is 0. The van der Waals surface area contributed by atoms with Crippen molar-refractivity contribution in [3.05, 3.63) is 24.0 Å². The van der Waals surface area contributed by atoms with Gasteiger partial charge in [0.2, 0.25) is 0 Å². The van der Waals surface area contributed by atoms with Crippen LogP contribution in [-0.2, 0) is 4.74 Å². The van der Waals surface area contributed by atoms with Gasteiger partial charge >= 0.3 is 0 Å². The Hall–Kier alpha value is -0.720. The first-order chi connectivity index (χ1) is 4.31. The summed E-state index contributed by atoms with van der Waals surface area (Å²) in [6, 6.07) is 0. The molecule has 0 aliphatic carbocycles. The minimum atomic E-state index is 0.687. The minimum absolute atomic E-state index is 0.687. The van der Waals surface area contributed by atoms with Crippen LogP contribution in [-0.4, -0.2) is 6.61 Å². The van der Waals surface area contributed by atoms with E-state index < -0.39 is 0 Å². The summed E-state index contributed by atoms with van der Waals surface area (Å²) >= 11 is 0. The summed E-state index contributed by atoms with van der Waals surface area (Å²) in [6.07, 6.45) is 5.90. The Kier molecular flexibility index (Phi) is 4.98. The molecule has 0 aromatic heterocycles. The van der Waals surface area contributed by atoms with Crippen molar-refractivity contribution < 1.29 is 4.74 Å². The van der Waals surface area contributed by atoms with Gasteiger partial charge in [0.25, 0.3) is 0 Å². The molecule has 0 aliphatic rings. The number of ether oxygens (including phenoxy) is 1. The van der Waals surface area contributed by atoms with Crippen molar-refractivity contribution in [3.8, 4) is 0 Å². The summed E-state index contributed by atoms with van der Waals surface area (Å²) in [7, 11) is 0. The summed E-state index contributed by atoms with van der Waals surface area (Å²) < 4.78 is 5.21. The topological polar surface area (TPSA) is 9.23 Å². The molecule has 0 spiro atoms. The monoisotopic (exact) mass is 126 g/mol. The van der Waals surface area contributed by atoms with E-state index in [1.54, 1.807) is 0 Å². The van der Waals surface area contributed by atoms with Gasteiger partial charge in [0, 0.05) is 0 Å². The fraction of sp³-hybridized carbons (Fsp3) is 0.500. The maximum absolute atomic E-state index is 5.21. The lowest BCUT2D eigenvalue weighted by atomic mass is 10.5. The average Bonchev–Trinajstić information content (AvgIpc) is 1.89. The SMILES string of the molecule is CC=CCOC(C)=CC. The zero-order chi connectivity index (χ0) is 7.11. The largest absolute Gasteiger partial charge is 0.495 e. The highest BCUT2D eigenvalue weighted by molar-refractivity contribution is 4.86. The Labute approximate surface area is 57.0 Å². The van der Waals surface area contributed by atoms with Crippen molar-refractivity contribution in [3.63, 3.8) is 0 Å². The minimum Gasteiger partial charge on any atom is -0.495 e. The van der Waals surface area contributed by atoms with Crippen LogP contribution in [0, 0.1) is 0 Å². The van der Waals surface area contributed by atoms with Crippen molar-refractivity contribution in [2.24, 2.45) is 0 Å². The van der Waals surface area contributed by atoms with E-state index in [2.05, 4.69) is 0 Å². The lowest BCUT2D eigenvalue weighted by Crippen LogP contribution is -1.86. The smallest absolute Gasteiger partial charge is 0.106 e. The molecule has 9 heavy (non-hydrogen) atoms. The van der Waals surface area contributed by atoms with Gasteiger partial charge in [0.05, 0.1) is 5.76 Å². The second kappa shape index (κ2) is 5.42. The van der Waals surface area contributed by atoms with Crippen LogP contribution in [0.15, 0.2) is 24.0 Å². The molecule has 0 fully saturated rings. The number of allylic oxidation sites excluding steroid dienone is 3. The number of rotatable bonds is 3. The zero-order valence-corrected chi connectivity index (χ0v) is 6.35. The summed E-state index contributed by atoms with van der Waals surface area (Å²) in [5.41, 5.74) is 0. The molecule has 0 aromatic rings. The predicted molar refractivity (Wildman–Crippen MR) is 40.2 cm³/mol. The van der Waals surface area contributed by atoms with Gasteiger partial charge in [-0.1, -0.05) is 12.2 Å². The Balaban J connectivity index is 3.28. The summed E-state index contributed by atoms with van der Waals surface area (Å²) in [4.78, 5) is 0. The highest BCUT2D eigenvalue weighted by Gasteiger charge is 1.80. The van der Waals surface area contributed by atoms with Crippen LogP contribution >= 0.6 is 0 Å². The fourth-order valence-electron chi connectivity index (χ4n) is 0.359. The van der Waals surface area contributed by atoms with E-state index in [1.165, 1.54) is 0 Å². The highest BCUT2D eigenvalue weighted by Crippen LogP contribution is 1.93. The molecule has 0 rings (SSSR count). The molecule has 52 valence electrons. The van der Waals surface area contributed by atoms with E-state index in [0.717, 1.165) is 5.76 Å². The maximum atomic E-state index is 5.21. The second-order valence-electron chi connectivity index (χ2n) is 1.78. The summed E-state index contributed by atoms with van der Waals surface area (Å²) in [5, 5.41) is 0. The Morgan fingerprint density at radius 3 is 2.56 bits per heavy atom. The van der Waals surface area contributed by atoms with Gasteiger partial charge in [-0.15, -0.1) is 0 Å². The van der Waals surface area contributed by atoms with Crippen molar-refractivity contribution in [1.29, 1.82) is 0 Å². The standard InChI is InChI=1S/C8H14O/c1-4-6-7-9-8(3)5-2/h4-6H,7H2,1-3H3. The molecule has 0 amide bonds. The van der Waals surface area contributed by atoms with Crippen LogP contribution < -0.4 is 0 Å². The summed E-state index contributed by atoms with van der Waals surface area (Å²) in [5.74, 6) is 0.980. The molecule has 0 aliphatic heterocycles. The molecule has 0 radical (unpaired) electrons. The predicted octanol–water partition coefficient (Wildman–Crippen LogP) is 2.50. The van der Waals surface area contributed by atoms with Gasteiger partial charge in [0.15, 0.2) is 0 Å². The van der Waals surface area contributed by atoms with E-state index in [1.807, 2.05) is 39.0 Å². The van der Waals surface area contributed by atoms with Gasteiger partial charge in [-0.25, -0.2) is 0 Å². The fourth-order valence-corrected chi connectivity index (χ4v) is 0.359. The molecule has 0 atom stereocenters. The molecule has 1 heteroatoms. The molecular formula is C8H14O. The van der Waals surface area contributed by atoms with Crippen molar-refractivity contribution in [1.82, 2.24) is 0 Å². The normalized spacial score (nSPS) is 12.6. The van der Waals surface area contributed by atoms with Crippen LogP contribution in [0.25, 0.3) is 0 Å². The average molecular weight is 126 g/mol. The molecule has 0 N–H and O–H groups in total. The maximum Gasteiger partial charge on any atom is 0.106 e. The molecule has 1 nitrogen and oxygen atoms in total. The van der Waals surface area contributed by atoms with Crippen LogP contribution in [0.1, 0.15) is 20.8 Å². The van der Waals surface area contributed by atoms with Gasteiger partial charge in [-0.05, 0) is 26.8 Å². The van der Waals surface area contributed by atoms with E-state index in [4.69, 9.17) is 4.74 Å². The lowest BCUT2D eigenvalue weighted by Gasteiger charge is -1.99. The first kappa shape index (κ1) is 8.28. The van der Waals surface area contributed by atoms with Crippen molar-refractivity contribution in [2.45, 2.75) is 20.8 Å². The zero-order valence-electron chi connectivity index (χ0n) is 6.35. The molecule has 0 unspecified atom stereocenters. The van der Waals surface area contributed by atoms with E-state index in [0.29, 0.717) is 6.61 Å². The Bertz CT molecular complexity index is 112. The third-order valence-electron chi connectivity index (χ3n) is 1.05. The van der Waals surface area contributed by atoms with E-state index >= 15 is 0 Å². The number of hydrogen-bond acceptors (Lipinski definition) is 1. The van der Waals surface area contributed by atoms with Gasteiger partial charge < -0.3 is 4.74 Å². The lowest BCUT2D eigenvalue weighted by molar-refractivity contribution is 0.249. The second-order valence-corrected chi connectivity index (χ2v) is 1.78. The van der Waals surface area contributed by atoms with Crippen LogP contribution in [0.2, 0.25) is 0 Å². The third kappa shape index (κ3) is 5.15. The molecular weight excluding hydrogens is 112 g/mol. The Morgan fingerprint density at radius 1 is 1.44 bits per heavy atom. The first-order valence-electron chi connectivity index (χ1n) is 3.18. The molecule has 0 saturated heterocycles. The van der Waals surface area contributed by atoms with Crippen LogP contribution in [0.3, 0.4) is 0 Å². The van der Waals surface area contributed by atoms with Crippen molar-refractivity contribution >= 4 is 0 Å². The molecule has 0 aromatic carbocycles. The van der Waals surface area contributed by atoms with E-state index in [9.17, 15) is 0 Å². The van der Waals surface area contributed by atoms with Crippen LogP contribution in [0.4, 0.5) is 0 Å². The Morgan fingerprint density at radius 2 is 2.11 bits per heavy atom. The van der Waals surface area contributed by atoms with Crippen LogP contribution in [0.5, 0.6) is 0 Å². The third-order valence-corrected chi connectivity index (χ3v) is 1.05. The molecule has 0 bridgehead atoms.